The fraction of sp³-hybridized carbons (Fsp3) is 0.333. The molecule has 1 heterocycles. The van der Waals surface area contributed by atoms with Gasteiger partial charge < -0.3 is 15.0 Å². The number of methoxy groups -OCH3 is 1. The first-order chi connectivity index (χ1) is 12.6. The maximum Gasteiger partial charge on any atom is 0.228 e. The molecular weight excluding hydrogens is 328 g/mol. The number of carbonyl (C=O) groups excluding carboxylic acids is 2. The average Bonchev–Trinajstić information content (AvgIpc) is 2.67. The normalized spacial score (nSPS) is 13.1. The summed E-state index contributed by atoms with van der Waals surface area (Å²) in [6.45, 7) is 2.61. The molecule has 26 heavy (non-hydrogen) atoms. The van der Waals surface area contributed by atoms with E-state index in [4.69, 9.17) is 4.74 Å². The molecule has 2 aromatic rings. The van der Waals surface area contributed by atoms with Crippen molar-refractivity contribution < 1.29 is 14.3 Å². The summed E-state index contributed by atoms with van der Waals surface area (Å²) in [4.78, 5) is 26.4. The van der Waals surface area contributed by atoms with Gasteiger partial charge in [0.1, 0.15) is 5.75 Å². The zero-order valence-electron chi connectivity index (χ0n) is 15.2. The van der Waals surface area contributed by atoms with Crippen LogP contribution < -0.4 is 15.0 Å². The van der Waals surface area contributed by atoms with Crippen LogP contribution in [0.5, 0.6) is 5.75 Å². The second kappa shape index (κ2) is 8.04. The van der Waals surface area contributed by atoms with Gasteiger partial charge in [-0.1, -0.05) is 25.1 Å². The molecule has 136 valence electrons. The van der Waals surface area contributed by atoms with E-state index in [0.717, 1.165) is 47.6 Å². The first-order valence-corrected chi connectivity index (χ1v) is 8.96. The van der Waals surface area contributed by atoms with Crippen LogP contribution in [0.2, 0.25) is 0 Å². The second-order valence-electron chi connectivity index (χ2n) is 6.42. The minimum atomic E-state index is -0.0840. The standard InChI is InChI=1S/C21H24N2O3/c1-3-21(25)23-12-4-5-16-8-9-17(14-19(16)23)22-20(24)13-15-6-10-18(26-2)11-7-15/h6-11,14H,3-5,12-13H2,1-2H3,(H,22,24). The van der Waals surface area contributed by atoms with E-state index >= 15 is 0 Å². The SMILES string of the molecule is CCC(=O)N1CCCc2ccc(NC(=O)Cc3ccc(OC)cc3)cc21. The highest BCUT2D eigenvalue weighted by atomic mass is 16.5. The molecule has 0 atom stereocenters. The quantitative estimate of drug-likeness (QED) is 0.895. The lowest BCUT2D eigenvalue weighted by Crippen LogP contribution is -2.35. The van der Waals surface area contributed by atoms with Gasteiger partial charge in [-0.25, -0.2) is 0 Å². The Hall–Kier alpha value is -2.82. The van der Waals surface area contributed by atoms with Gasteiger partial charge >= 0.3 is 0 Å². The van der Waals surface area contributed by atoms with Gasteiger partial charge in [-0.2, -0.15) is 0 Å². The molecule has 0 radical (unpaired) electrons. The Morgan fingerprint density at radius 3 is 2.62 bits per heavy atom. The molecule has 0 bridgehead atoms. The molecule has 0 aromatic heterocycles. The number of nitrogens with zero attached hydrogens (tertiary/aromatic N) is 1. The lowest BCUT2D eigenvalue weighted by atomic mass is 10.0. The third-order valence-corrected chi connectivity index (χ3v) is 4.61. The van der Waals surface area contributed by atoms with Crippen molar-refractivity contribution >= 4 is 23.2 Å². The summed E-state index contributed by atoms with van der Waals surface area (Å²) in [6.07, 6.45) is 2.71. The third kappa shape index (κ3) is 4.04. The molecule has 2 aromatic carbocycles. The Morgan fingerprint density at radius 1 is 1.15 bits per heavy atom. The predicted octanol–water partition coefficient (Wildman–Crippen LogP) is 3.57. The van der Waals surface area contributed by atoms with E-state index in [1.807, 2.05) is 54.3 Å². The van der Waals surface area contributed by atoms with Crippen LogP contribution in [0.3, 0.4) is 0 Å². The largest absolute Gasteiger partial charge is 0.497 e. The van der Waals surface area contributed by atoms with Crippen molar-refractivity contribution in [1.82, 2.24) is 0 Å². The molecule has 0 aliphatic carbocycles. The summed E-state index contributed by atoms with van der Waals surface area (Å²) in [5.41, 5.74) is 3.72. The summed E-state index contributed by atoms with van der Waals surface area (Å²) in [5.74, 6) is 0.802. The summed E-state index contributed by atoms with van der Waals surface area (Å²) >= 11 is 0. The fourth-order valence-electron chi connectivity index (χ4n) is 3.24. The Balaban J connectivity index is 1.71. The maximum absolute atomic E-state index is 12.4. The number of hydrogen-bond donors (Lipinski definition) is 1. The Bertz CT molecular complexity index is 799. The van der Waals surface area contributed by atoms with Crippen molar-refractivity contribution in [2.45, 2.75) is 32.6 Å². The third-order valence-electron chi connectivity index (χ3n) is 4.61. The number of nitrogens with one attached hydrogen (secondary N) is 1. The predicted molar refractivity (Wildman–Crippen MR) is 103 cm³/mol. The van der Waals surface area contributed by atoms with E-state index in [-0.39, 0.29) is 11.8 Å². The van der Waals surface area contributed by atoms with Gasteiger partial charge in [0.15, 0.2) is 0 Å². The fourth-order valence-corrected chi connectivity index (χ4v) is 3.24. The van der Waals surface area contributed by atoms with Gasteiger partial charge in [-0.05, 0) is 48.2 Å². The zero-order chi connectivity index (χ0) is 18.5. The molecule has 0 fully saturated rings. The van der Waals surface area contributed by atoms with Crippen LogP contribution in [0.25, 0.3) is 0 Å². The van der Waals surface area contributed by atoms with Crippen molar-refractivity contribution in [2.75, 3.05) is 23.9 Å². The number of aryl methyl sites for hydroxylation is 1. The molecule has 3 rings (SSSR count). The van der Waals surface area contributed by atoms with Gasteiger partial charge in [0, 0.05) is 24.3 Å². The highest BCUT2D eigenvalue weighted by Gasteiger charge is 2.21. The van der Waals surface area contributed by atoms with Crippen LogP contribution in [0.4, 0.5) is 11.4 Å². The van der Waals surface area contributed by atoms with E-state index < -0.39 is 0 Å². The molecule has 2 amide bonds. The van der Waals surface area contributed by atoms with E-state index in [1.54, 1.807) is 7.11 Å². The van der Waals surface area contributed by atoms with Crippen molar-refractivity contribution in [3.8, 4) is 5.75 Å². The number of ether oxygens (including phenoxy) is 1. The number of hydrogen-bond acceptors (Lipinski definition) is 3. The topological polar surface area (TPSA) is 58.6 Å². The van der Waals surface area contributed by atoms with Crippen molar-refractivity contribution in [3.05, 3.63) is 53.6 Å². The number of fused-ring (bicyclic) bond motifs is 1. The first-order valence-electron chi connectivity index (χ1n) is 8.96. The lowest BCUT2D eigenvalue weighted by molar-refractivity contribution is -0.118. The summed E-state index contributed by atoms with van der Waals surface area (Å²) in [7, 11) is 1.62. The van der Waals surface area contributed by atoms with E-state index in [1.165, 1.54) is 0 Å². The summed E-state index contributed by atoms with van der Waals surface area (Å²) in [5, 5.41) is 2.94. The Labute approximate surface area is 154 Å². The van der Waals surface area contributed by atoms with E-state index in [0.29, 0.717) is 12.8 Å². The summed E-state index contributed by atoms with van der Waals surface area (Å²) in [6, 6.07) is 13.3. The molecule has 0 spiro atoms. The van der Waals surface area contributed by atoms with Gasteiger partial charge in [0.2, 0.25) is 11.8 Å². The minimum Gasteiger partial charge on any atom is -0.497 e. The van der Waals surface area contributed by atoms with Gasteiger partial charge in [0.05, 0.1) is 13.5 Å². The number of anilines is 2. The second-order valence-corrected chi connectivity index (χ2v) is 6.42. The van der Waals surface area contributed by atoms with Crippen LogP contribution in [0.15, 0.2) is 42.5 Å². The Kier molecular flexibility index (Phi) is 5.56. The van der Waals surface area contributed by atoms with E-state index in [2.05, 4.69) is 5.32 Å². The van der Waals surface area contributed by atoms with Gasteiger partial charge in [-0.3, -0.25) is 9.59 Å². The van der Waals surface area contributed by atoms with E-state index in [9.17, 15) is 9.59 Å². The molecule has 5 heteroatoms. The number of amides is 2. The minimum absolute atomic E-state index is 0.0840. The zero-order valence-corrected chi connectivity index (χ0v) is 15.2. The van der Waals surface area contributed by atoms with Crippen molar-refractivity contribution in [1.29, 1.82) is 0 Å². The molecule has 1 N–H and O–H groups in total. The van der Waals surface area contributed by atoms with Crippen molar-refractivity contribution in [2.24, 2.45) is 0 Å². The van der Waals surface area contributed by atoms with Crippen LogP contribution in [0, 0.1) is 0 Å². The number of carbonyl (C=O) groups is 2. The molecule has 0 unspecified atom stereocenters. The van der Waals surface area contributed by atoms with Crippen molar-refractivity contribution in [3.63, 3.8) is 0 Å². The first kappa shape index (κ1) is 18.0. The van der Waals surface area contributed by atoms with Crippen LogP contribution in [-0.4, -0.2) is 25.5 Å². The highest BCUT2D eigenvalue weighted by Crippen LogP contribution is 2.30. The van der Waals surface area contributed by atoms with Crippen LogP contribution in [-0.2, 0) is 22.4 Å². The van der Waals surface area contributed by atoms with Crippen LogP contribution in [0.1, 0.15) is 30.9 Å². The van der Waals surface area contributed by atoms with Gasteiger partial charge in [-0.15, -0.1) is 0 Å². The molecule has 0 saturated carbocycles. The smallest absolute Gasteiger partial charge is 0.228 e. The molecule has 1 aliphatic rings. The average molecular weight is 352 g/mol. The highest BCUT2D eigenvalue weighted by molar-refractivity contribution is 5.97. The van der Waals surface area contributed by atoms with Crippen LogP contribution >= 0.6 is 0 Å². The number of benzene rings is 2. The maximum atomic E-state index is 12.4. The molecule has 0 saturated heterocycles. The molecular formula is C21H24N2O3. The molecule has 5 nitrogen and oxygen atoms in total. The molecule has 1 aliphatic heterocycles. The monoisotopic (exact) mass is 352 g/mol. The summed E-state index contributed by atoms with van der Waals surface area (Å²) < 4.78 is 5.13. The number of rotatable bonds is 5. The lowest BCUT2D eigenvalue weighted by Gasteiger charge is -2.29. The Morgan fingerprint density at radius 2 is 1.92 bits per heavy atom. The van der Waals surface area contributed by atoms with Gasteiger partial charge in [0.25, 0.3) is 0 Å².